The zero-order chi connectivity index (χ0) is 10.6. The smallest absolute Gasteiger partial charge is 0.140 e. The summed E-state index contributed by atoms with van der Waals surface area (Å²) in [6.07, 6.45) is 2.13. The predicted molar refractivity (Wildman–Crippen MR) is 54.3 cm³/mol. The highest BCUT2D eigenvalue weighted by molar-refractivity contribution is 5.80. The average molecular weight is 201 g/mol. The number of oxime groups is 1. The second-order valence-corrected chi connectivity index (χ2v) is 3.79. The molecule has 82 valence electrons. The minimum atomic E-state index is -0.212. The fraction of sp³-hybridized carbons (Fsp3) is 0.889. The third-order valence-electron chi connectivity index (χ3n) is 2.76. The second-order valence-electron chi connectivity index (χ2n) is 3.79. The number of nitrogens with two attached hydrogens (primary N) is 1. The minimum Gasteiger partial charge on any atom is -0.409 e. The first-order chi connectivity index (χ1) is 6.67. The summed E-state index contributed by atoms with van der Waals surface area (Å²) in [7, 11) is 0. The molecule has 1 saturated heterocycles. The highest BCUT2D eigenvalue weighted by Crippen LogP contribution is 2.16. The van der Waals surface area contributed by atoms with Crippen LogP contribution in [0.5, 0.6) is 0 Å². The van der Waals surface area contributed by atoms with Crippen LogP contribution in [0.2, 0.25) is 0 Å². The molecule has 1 fully saturated rings. The zero-order valence-electron chi connectivity index (χ0n) is 8.56. The average Bonchev–Trinajstić information content (AvgIpc) is 2.60. The summed E-state index contributed by atoms with van der Waals surface area (Å²) < 4.78 is 0. The molecule has 4 N–H and O–H groups in total. The van der Waals surface area contributed by atoms with Gasteiger partial charge < -0.3 is 16.0 Å². The minimum absolute atomic E-state index is 0.212. The van der Waals surface area contributed by atoms with Gasteiger partial charge in [-0.3, -0.25) is 4.90 Å². The van der Waals surface area contributed by atoms with Gasteiger partial charge in [-0.05, 0) is 12.8 Å². The van der Waals surface area contributed by atoms with Gasteiger partial charge in [-0.1, -0.05) is 12.1 Å². The number of β-amino-alcohol motifs (C(OH)–C–C–N with tert-alkyl or cyclic N) is 1. The molecule has 1 aliphatic rings. The fourth-order valence-electron chi connectivity index (χ4n) is 1.91. The van der Waals surface area contributed by atoms with Crippen molar-refractivity contribution in [3.63, 3.8) is 0 Å². The molecule has 0 saturated carbocycles. The van der Waals surface area contributed by atoms with E-state index in [1.54, 1.807) is 0 Å². The molecule has 0 spiro atoms. The van der Waals surface area contributed by atoms with E-state index in [0.29, 0.717) is 13.0 Å². The van der Waals surface area contributed by atoms with Crippen LogP contribution in [0.3, 0.4) is 0 Å². The molecular formula is C9H19N3O2. The Hall–Kier alpha value is -0.810. The van der Waals surface area contributed by atoms with Crippen LogP contribution in [0.15, 0.2) is 5.16 Å². The number of aliphatic hydroxyl groups is 1. The molecule has 0 amide bonds. The molecule has 0 aliphatic carbocycles. The third-order valence-corrected chi connectivity index (χ3v) is 2.76. The molecular weight excluding hydrogens is 182 g/mol. The Balaban J connectivity index is 2.45. The number of hydrogen-bond acceptors (Lipinski definition) is 4. The monoisotopic (exact) mass is 201 g/mol. The van der Waals surface area contributed by atoms with E-state index in [0.717, 1.165) is 19.4 Å². The van der Waals surface area contributed by atoms with Gasteiger partial charge in [0, 0.05) is 25.6 Å². The predicted octanol–water partition coefficient (Wildman–Crippen LogP) is -0.0319. The largest absolute Gasteiger partial charge is 0.409 e. The molecule has 2 unspecified atom stereocenters. The number of rotatable bonds is 4. The molecule has 2 atom stereocenters. The van der Waals surface area contributed by atoms with Crippen LogP contribution in [0.1, 0.15) is 26.2 Å². The van der Waals surface area contributed by atoms with E-state index in [2.05, 4.69) is 17.0 Å². The van der Waals surface area contributed by atoms with E-state index in [1.165, 1.54) is 0 Å². The van der Waals surface area contributed by atoms with Gasteiger partial charge in [0.05, 0.1) is 6.10 Å². The first-order valence-corrected chi connectivity index (χ1v) is 5.05. The Morgan fingerprint density at radius 1 is 1.71 bits per heavy atom. The van der Waals surface area contributed by atoms with Crippen molar-refractivity contribution in [1.29, 1.82) is 0 Å². The summed E-state index contributed by atoms with van der Waals surface area (Å²) in [4.78, 5) is 2.20. The van der Waals surface area contributed by atoms with Gasteiger partial charge in [0.15, 0.2) is 0 Å². The maximum Gasteiger partial charge on any atom is 0.140 e. The van der Waals surface area contributed by atoms with E-state index < -0.39 is 0 Å². The van der Waals surface area contributed by atoms with E-state index >= 15 is 0 Å². The van der Waals surface area contributed by atoms with Crippen LogP contribution >= 0.6 is 0 Å². The topological polar surface area (TPSA) is 82.1 Å². The van der Waals surface area contributed by atoms with Crippen LogP contribution in [-0.2, 0) is 0 Å². The summed E-state index contributed by atoms with van der Waals surface area (Å²) in [5, 5.41) is 20.8. The van der Waals surface area contributed by atoms with Crippen molar-refractivity contribution >= 4 is 5.84 Å². The molecule has 5 heteroatoms. The fourth-order valence-corrected chi connectivity index (χ4v) is 1.91. The maximum atomic E-state index is 9.38. The molecule has 0 bridgehead atoms. The molecule has 14 heavy (non-hydrogen) atoms. The van der Waals surface area contributed by atoms with Crippen molar-refractivity contribution in [3.8, 4) is 0 Å². The molecule has 1 heterocycles. The third kappa shape index (κ3) is 2.85. The molecule has 0 radical (unpaired) electrons. The Kier molecular flexibility index (Phi) is 4.16. The van der Waals surface area contributed by atoms with Crippen LogP contribution in [0.25, 0.3) is 0 Å². The van der Waals surface area contributed by atoms with E-state index in [4.69, 9.17) is 10.9 Å². The number of hydrogen-bond donors (Lipinski definition) is 3. The van der Waals surface area contributed by atoms with Gasteiger partial charge in [0.2, 0.25) is 0 Å². The second kappa shape index (κ2) is 5.17. The van der Waals surface area contributed by atoms with Crippen molar-refractivity contribution in [1.82, 2.24) is 4.90 Å². The summed E-state index contributed by atoms with van der Waals surface area (Å²) >= 11 is 0. The van der Waals surface area contributed by atoms with Crippen LogP contribution in [0, 0.1) is 0 Å². The number of nitrogens with zero attached hydrogens (tertiary/aromatic N) is 2. The van der Waals surface area contributed by atoms with Gasteiger partial charge in [-0.15, -0.1) is 0 Å². The van der Waals surface area contributed by atoms with Gasteiger partial charge in [0.25, 0.3) is 0 Å². The molecule has 5 nitrogen and oxygen atoms in total. The summed E-state index contributed by atoms with van der Waals surface area (Å²) in [5.41, 5.74) is 5.46. The van der Waals surface area contributed by atoms with E-state index in [-0.39, 0.29) is 18.0 Å². The van der Waals surface area contributed by atoms with Gasteiger partial charge in [-0.25, -0.2) is 0 Å². The summed E-state index contributed by atoms with van der Waals surface area (Å²) in [6.45, 7) is 3.68. The van der Waals surface area contributed by atoms with Crippen molar-refractivity contribution < 1.29 is 10.3 Å². The van der Waals surface area contributed by atoms with Crippen molar-refractivity contribution in [2.45, 2.75) is 38.3 Å². The Labute approximate surface area is 84.2 Å². The molecule has 0 aromatic heterocycles. The Morgan fingerprint density at radius 3 is 2.86 bits per heavy atom. The Morgan fingerprint density at radius 2 is 2.43 bits per heavy atom. The van der Waals surface area contributed by atoms with Gasteiger partial charge >= 0.3 is 0 Å². The summed E-state index contributed by atoms with van der Waals surface area (Å²) in [5.74, 6) is 0.262. The standard InChI is InChI=1S/C9H19N3O2/c1-2-7(5-9(10)11-14)12-4-3-8(13)6-12/h7-8,13-14H,2-6H2,1H3,(H2,10,11). The lowest BCUT2D eigenvalue weighted by molar-refractivity contribution is 0.158. The number of aliphatic hydroxyl groups excluding tert-OH is 1. The summed E-state index contributed by atoms with van der Waals surface area (Å²) in [6, 6.07) is 0.281. The van der Waals surface area contributed by atoms with Crippen molar-refractivity contribution in [2.24, 2.45) is 10.9 Å². The number of amidine groups is 1. The molecule has 1 rings (SSSR count). The quantitative estimate of drug-likeness (QED) is 0.258. The van der Waals surface area contributed by atoms with Crippen LogP contribution < -0.4 is 5.73 Å². The lowest BCUT2D eigenvalue weighted by Crippen LogP contribution is -2.36. The highest BCUT2D eigenvalue weighted by atomic mass is 16.4. The number of likely N-dealkylation sites (tertiary alicyclic amines) is 1. The van der Waals surface area contributed by atoms with E-state index in [1.807, 2.05) is 0 Å². The van der Waals surface area contributed by atoms with Crippen molar-refractivity contribution in [3.05, 3.63) is 0 Å². The lowest BCUT2D eigenvalue weighted by Gasteiger charge is -2.25. The highest BCUT2D eigenvalue weighted by Gasteiger charge is 2.26. The van der Waals surface area contributed by atoms with E-state index in [9.17, 15) is 5.11 Å². The maximum absolute atomic E-state index is 9.38. The first kappa shape index (κ1) is 11.3. The molecule has 0 aromatic rings. The zero-order valence-corrected chi connectivity index (χ0v) is 8.56. The van der Waals surface area contributed by atoms with Crippen LogP contribution in [0.4, 0.5) is 0 Å². The SMILES string of the molecule is CCC(CC(N)=NO)N1CCC(O)C1. The van der Waals surface area contributed by atoms with Crippen molar-refractivity contribution in [2.75, 3.05) is 13.1 Å². The van der Waals surface area contributed by atoms with Crippen LogP contribution in [-0.4, -0.2) is 46.3 Å². The molecule has 0 aromatic carbocycles. The Bertz CT molecular complexity index is 208. The van der Waals surface area contributed by atoms with Gasteiger partial charge in [0.1, 0.15) is 5.84 Å². The molecule has 1 aliphatic heterocycles. The normalized spacial score (nSPS) is 26.7. The lowest BCUT2D eigenvalue weighted by atomic mass is 10.1. The van der Waals surface area contributed by atoms with Gasteiger partial charge in [-0.2, -0.15) is 0 Å². The first-order valence-electron chi connectivity index (χ1n) is 5.05.